The zero-order valence-corrected chi connectivity index (χ0v) is 8.94. The number of hydrogen-bond acceptors (Lipinski definition) is 2. The van der Waals surface area contributed by atoms with E-state index in [0.29, 0.717) is 11.1 Å². The van der Waals surface area contributed by atoms with Crippen LogP contribution in [0.5, 0.6) is 5.75 Å². The third-order valence-electron chi connectivity index (χ3n) is 1.87. The first-order valence-corrected chi connectivity index (χ1v) is 4.55. The molecule has 0 unspecified atom stereocenters. The van der Waals surface area contributed by atoms with Gasteiger partial charge in [-0.1, -0.05) is 11.6 Å². The van der Waals surface area contributed by atoms with Gasteiger partial charge in [-0.2, -0.15) is 8.78 Å². The molecule has 0 amide bonds. The lowest BCUT2D eigenvalue weighted by atomic mass is 10.1. The molecule has 0 saturated heterocycles. The maximum Gasteiger partial charge on any atom is 0.387 e. The standard InChI is InChI=1S/C10H9ClF2O2/c1-5-3-8(11)9(15-10(12)13)4-7(5)6(2)14/h3-4,10H,1-2H3. The molecule has 0 aliphatic heterocycles. The van der Waals surface area contributed by atoms with Crippen molar-refractivity contribution in [2.24, 2.45) is 0 Å². The van der Waals surface area contributed by atoms with Gasteiger partial charge in [-0.3, -0.25) is 4.79 Å². The van der Waals surface area contributed by atoms with Gasteiger partial charge in [-0.05, 0) is 31.5 Å². The second kappa shape index (κ2) is 4.57. The summed E-state index contributed by atoms with van der Waals surface area (Å²) in [6.45, 7) is 0.0713. The number of ketones is 1. The maximum absolute atomic E-state index is 12.0. The number of benzene rings is 1. The summed E-state index contributed by atoms with van der Waals surface area (Å²) < 4.78 is 28.1. The minimum Gasteiger partial charge on any atom is -0.433 e. The van der Waals surface area contributed by atoms with Gasteiger partial charge in [0.25, 0.3) is 0 Å². The smallest absolute Gasteiger partial charge is 0.387 e. The third-order valence-corrected chi connectivity index (χ3v) is 2.17. The summed E-state index contributed by atoms with van der Waals surface area (Å²) >= 11 is 5.68. The third kappa shape index (κ3) is 2.89. The van der Waals surface area contributed by atoms with Crippen molar-refractivity contribution >= 4 is 17.4 Å². The molecule has 82 valence electrons. The van der Waals surface area contributed by atoms with Crippen LogP contribution in [0.15, 0.2) is 12.1 Å². The van der Waals surface area contributed by atoms with Crippen LogP contribution in [0.2, 0.25) is 5.02 Å². The molecule has 1 aromatic carbocycles. The molecule has 0 N–H and O–H groups in total. The number of halogens is 3. The molecule has 0 atom stereocenters. The second-order valence-electron chi connectivity index (χ2n) is 3.03. The van der Waals surface area contributed by atoms with Crippen LogP contribution in [0.3, 0.4) is 0 Å². The summed E-state index contributed by atoms with van der Waals surface area (Å²) in [5.41, 5.74) is 0.962. The second-order valence-corrected chi connectivity index (χ2v) is 3.44. The lowest BCUT2D eigenvalue weighted by Gasteiger charge is -2.09. The predicted octanol–water partition coefficient (Wildman–Crippen LogP) is 3.45. The van der Waals surface area contributed by atoms with Crippen LogP contribution < -0.4 is 4.74 Å². The van der Waals surface area contributed by atoms with E-state index in [4.69, 9.17) is 11.6 Å². The number of aryl methyl sites for hydroxylation is 1. The maximum atomic E-state index is 12.0. The largest absolute Gasteiger partial charge is 0.433 e. The molecular formula is C10H9ClF2O2. The highest BCUT2D eigenvalue weighted by Gasteiger charge is 2.13. The molecule has 1 aromatic rings. The molecule has 0 aliphatic rings. The van der Waals surface area contributed by atoms with Gasteiger partial charge in [0, 0.05) is 5.56 Å². The molecule has 0 aromatic heterocycles. The molecule has 1 rings (SSSR count). The summed E-state index contributed by atoms with van der Waals surface area (Å²) in [5, 5.41) is 0.0674. The molecule has 0 aliphatic carbocycles. The molecule has 0 radical (unpaired) electrons. The fourth-order valence-electron chi connectivity index (χ4n) is 1.22. The monoisotopic (exact) mass is 234 g/mol. The number of hydrogen-bond donors (Lipinski definition) is 0. The van der Waals surface area contributed by atoms with Crippen molar-refractivity contribution in [1.82, 2.24) is 0 Å². The van der Waals surface area contributed by atoms with Gasteiger partial charge in [0.05, 0.1) is 5.02 Å². The Balaban J connectivity index is 3.17. The summed E-state index contributed by atoms with van der Waals surface area (Å²) in [6.07, 6.45) is 0. The molecular weight excluding hydrogens is 226 g/mol. The van der Waals surface area contributed by atoms with E-state index in [1.54, 1.807) is 6.92 Å². The number of carbonyl (C=O) groups is 1. The van der Waals surface area contributed by atoms with Crippen LogP contribution in [-0.2, 0) is 0 Å². The van der Waals surface area contributed by atoms with Gasteiger partial charge in [0.1, 0.15) is 5.75 Å². The van der Waals surface area contributed by atoms with E-state index in [0.717, 1.165) is 0 Å². The molecule has 0 saturated carbocycles. The van der Waals surface area contributed by atoms with Crippen LogP contribution in [-0.4, -0.2) is 12.4 Å². The van der Waals surface area contributed by atoms with Gasteiger partial charge in [0.15, 0.2) is 5.78 Å². The van der Waals surface area contributed by atoms with Crippen LogP contribution in [0.4, 0.5) is 8.78 Å². The van der Waals surface area contributed by atoms with Crippen molar-refractivity contribution < 1.29 is 18.3 Å². The Morgan fingerprint density at radius 2 is 2.07 bits per heavy atom. The normalized spacial score (nSPS) is 10.5. The minimum atomic E-state index is -2.95. The first-order valence-electron chi connectivity index (χ1n) is 4.17. The van der Waals surface area contributed by atoms with Gasteiger partial charge >= 0.3 is 6.61 Å². The van der Waals surface area contributed by atoms with Crippen LogP contribution in [0, 0.1) is 6.92 Å². The van der Waals surface area contributed by atoms with Crippen LogP contribution in [0.25, 0.3) is 0 Å². The van der Waals surface area contributed by atoms with Gasteiger partial charge < -0.3 is 4.74 Å². The molecule has 2 nitrogen and oxygen atoms in total. The fraction of sp³-hybridized carbons (Fsp3) is 0.300. The highest BCUT2D eigenvalue weighted by atomic mass is 35.5. The van der Waals surface area contributed by atoms with E-state index in [1.165, 1.54) is 19.1 Å². The zero-order valence-electron chi connectivity index (χ0n) is 8.18. The Bertz CT molecular complexity index is 391. The van der Waals surface area contributed by atoms with E-state index in [9.17, 15) is 13.6 Å². The van der Waals surface area contributed by atoms with Crippen molar-refractivity contribution in [2.45, 2.75) is 20.5 Å². The first kappa shape index (κ1) is 11.9. The summed E-state index contributed by atoms with van der Waals surface area (Å²) in [5.74, 6) is -0.397. The molecule has 0 heterocycles. The van der Waals surface area contributed by atoms with E-state index in [-0.39, 0.29) is 16.6 Å². The van der Waals surface area contributed by atoms with E-state index < -0.39 is 6.61 Å². The average Bonchev–Trinajstić information content (AvgIpc) is 2.08. The Labute approximate surface area is 90.8 Å². The van der Waals surface area contributed by atoms with Crippen molar-refractivity contribution in [3.63, 3.8) is 0 Å². The van der Waals surface area contributed by atoms with Gasteiger partial charge in [0.2, 0.25) is 0 Å². The molecule has 0 fully saturated rings. The highest BCUT2D eigenvalue weighted by Crippen LogP contribution is 2.29. The first-order chi connectivity index (χ1) is 6.91. The number of carbonyl (C=O) groups excluding carboxylic acids is 1. The lowest BCUT2D eigenvalue weighted by Crippen LogP contribution is -2.05. The number of alkyl halides is 2. The van der Waals surface area contributed by atoms with Gasteiger partial charge in [-0.25, -0.2) is 0 Å². The molecule has 0 bridgehead atoms. The van der Waals surface area contributed by atoms with Crippen LogP contribution in [0.1, 0.15) is 22.8 Å². The summed E-state index contributed by atoms with van der Waals surface area (Å²) in [6, 6.07) is 2.65. The van der Waals surface area contributed by atoms with E-state index in [2.05, 4.69) is 4.74 Å². The van der Waals surface area contributed by atoms with Gasteiger partial charge in [-0.15, -0.1) is 0 Å². The van der Waals surface area contributed by atoms with Crippen molar-refractivity contribution in [3.8, 4) is 5.75 Å². The van der Waals surface area contributed by atoms with E-state index in [1.807, 2.05) is 0 Å². The van der Waals surface area contributed by atoms with Crippen LogP contribution >= 0.6 is 11.6 Å². The topological polar surface area (TPSA) is 26.3 Å². The van der Waals surface area contributed by atoms with Crippen molar-refractivity contribution in [1.29, 1.82) is 0 Å². The average molecular weight is 235 g/mol. The minimum absolute atomic E-state index is 0.0674. The summed E-state index contributed by atoms with van der Waals surface area (Å²) in [7, 11) is 0. The molecule has 15 heavy (non-hydrogen) atoms. The lowest BCUT2D eigenvalue weighted by molar-refractivity contribution is -0.0498. The molecule has 5 heteroatoms. The SMILES string of the molecule is CC(=O)c1cc(OC(F)F)c(Cl)cc1C. The van der Waals surface area contributed by atoms with E-state index >= 15 is 0 Å². The Morgan fingerprint density at radius 3 is 2.53 bits per heavy atom. The number of ether oxygens (including phenoxy) is 1. The fourth-order valence-corrected chi connectivity index (χ4v) is 1.48. The Kier molecular flexibility index (Phi) is 3.63. The van der Waals surface area contributed by atoms with Crippen molar-refractivity contribution in [2.75, 3.05) is 0 Å². The highest BCUT2D eigenvalue weighted by molar-refractivity contribution is 6.32. The number of Topliss-reactive ketones (excluding diaryl/α,β-unsaturated/α-hetero) is 1. The Hall–Kier alpha value is -1.16. The Morgan fingerprint density at radius 1 is 1.47 bits per heavy atom. The van der Waals surface area contributed by atoms with Crippen molar-refractivity contribution in [3.05, 3.63) is 28.3 Å². The molecule has 0 spiro atoms. The number of rotatable bonds is 3. The predicted molar refractivity (Wildman–Crippen MR) is 52.8 cm³/mol. The zero-order chi connectivity index (χ0) is 11.6. The summed E-state index contributed by atoms with van der Waals surface area (Å²) in [4.78, 5) is 11.1. The quantitative estimate of drug-likeness (QED) is 0.749.